The Morgan fingerprint density at radius 2 is 0.805 bits per heavy atom. The molecule has 1 atom stereocenters. The smallest absolute Gasteiger partial charge is 0.238 e. The minimum Gasteiger partial charge on any atom is -0.454 e. The molecule has 0 bridgehead atoms. The summed E-state index contributed by atoms with van der Waals surface area (Å²) in [5.41, 5.74) is 13.9. The Kier molecular flexibility index (Phi) is 9.46. The van der Waals surface area contributed by atoms with E-state index in [1.807, 2.05) is 6.07 Å². The summed E-state index contributed by atoms with van der Waals surface area (Å²) >= 11 is 0. The first-order chi connectivity index (χ1) is 40.6. The van der Waals surface area contributed by atoms with Crippen LogP contribution in [0, 0.1) is 0 Å². The quantitative estimate of drug-likeness (QED) is 0.161. The molecule has 17 aromatic rings. The Hall–Kier alpha value is -10.7. The molecule has 0 N–H and O–H groups in total. The van der Waals surface area contributed by atoms with Gasteiger partial charge in [0.1, 0.15) is 5.58 Å². The highest BCUT2D eigenvalue weighted by Gasteiger charge is 2.24. The van der Waals surface area contributed by atoms with Gasteiger partial charge < -0.3 is 8.98 Å². The third-order valence-corrected chi connectivity index (χ3v) is 17.8. The van der Waals surface area contributed by atoms with Gasteiger partial charge in [0.2, 0.25) is 5.95 Å². The Morgan fingerprint density at radius 3 is 1.45 bits per heavy atom. The molecule has 82 heavy (non-hydrogen) atoms. The number of nitrogens with zero attached hydrogens (tertiary/aromatic N) is 5. The number of hydrogen-bond donors (Lipinski definition) is 0. The molecule has 4 heterocycles. The zero-order chi connectivity index (χ0) is 53.7. The van der Waals surface area contributed by atoms with E-state index in [1.165, 1.54) is 70.4 Å². The van der Waals surface area contributed by atoms with Gasteiger partial charge >= 0.3 is 0 Å². The number of allylic oxidation sites excluding steroid dienone is 1. The fourth-order valence-electron chi connectivity index (χ4n) is 14.1. The number of hydrogen-bond acceptors (Lipinski definition) is 4. The molecule has 0 saturated heterocycles. The van der Waals surface area contributed by atoms with Gasteiger partial charge in [-0.15, -0.1) is 0 Å². The van der Waals surface area contributed by atoms with Crippen LogP contribution in [0.5, 0.6) is 0 Å². The molecular formula is C76H47N5O. The van der Waals surface area contributed by atoms with Gasteiger partial charge in [0.15, 0.2) is 17.2 Å². The average molecular weight is 1050 g/mol. The summed E-state index contributed by atoms with van der Waals surface area (Å²) in [6, 6.07) is 85.7. The number of fused-ring (bicyclic) bond motifs is 21. The van der Waals surface area contributed by atoms with Crippen molar-refractivity contribution in [1.82, 2.24) is 24.1 Å². The van der Waals surface area contributed by atoms with E-state index in [2.05, 4.69) is 259 Å². The van der Waals surface area contributed by atoms with Crippen LogP contribution < -0.4 is 0 Å². The maximum absolute atomic E-state index is 6.62. The predicted molar refractivity (Wildman–Crippen MR) is 342 cm³/mol. The Balaban J connectivity index is 0.839. The van der Waals surface area contributed by atoms with Crippen molar-refractivity contribution in [2.45, 2.75) is 19.3 Å². The summed E-state index contributed by atoms with van der Waals surface area (Å²) in [5, 5.41) is 19.1. The van der Waals surface area contributed by atoms with E-state index in [9.17, 15) is 0 Å². The van der Waals surface area contributed by atoms with Crippen molar-refractivity contribution >= 4 is 125 Å². The van der Waals surface area contributed by atoms with Gasteiger partial charge in [0, 0.05) is 43.4 Å². The fraction of sp³-hybridized carbons (Fsp3) is 0.0395. The second-order valence-electron chi connectivity index (χ2n) is 22.2. The van der Waals surface area contributed by atoms with Crippen molar-refractivity contribution in [1.29, 1.82) is 0 Å². The molecule has 0 amide bonds. The number of furan rings is 1. The lowest BCUT2D eigenvalue weighted by molar-refractivity contribution is 0.666. The molecule has 382 valence electrons. The maximum Gasteiger partial charge on any atom is 0.238 e. The largest absolute Gasteiger partial charge is 0.454 e. The van der Waals surface area contributed by atoms with Gasteiger partial charge in [-0.05, 0) is 149 Å². The van der Waals surface area contributed by atoms with Crippen molar-refractivity contribution < 1.29 is 4.42 Å². The zero-order valence-corrected chi connectivity index (χ0v) is 44.6. The molecule has 13 aromatic carbocycles. The second-order valence-corrected chi connectivity index (χ2v) is 22.2. The molecule has 1 unspecified atom stereocenters. The average Bonchev–Trinajstić information content (AvgIpc) is 2.65. The number of para-hydroxylation sites is 4. The lowest BCUT2D eigenvalue weighted by Crippen LogP contribution is -2.07. The molecule has 0 aliphatic heterocycles. The molecule has 6 heteroatoms. The lowest BCUT2D eigenvalue weighted by atomic mass is 9.81. The van der Waals surface area contributed by atoms with Crippen LogP contribution in [0.3, 0.4) is 0 Å². The van der Waals surface area contributed by atoms with Crippen LogP contribution in [0.15, 0.2) is 247 Å². The third kappa shape index (κ3) is 6.49. The second kappa shape index (κ2) is 17.2. The normalized spacial score (nSPS) is 13.7. The molecule has 0 spiro atoms. The van der Waals surface area contributed by atoms with Crippen LogP contribution in [0.4, 0.5) is 0 Å². The highest BCUT2D eigenvalue weighted by Crippen LogP contribution is 2.45. The molecule has 1 aliphatic carbocycles. The standard InChI is InChI=1S/C76H47N5O/c1-44-16-14-26-59-52-20-5-7-22-54(52)63-43-48(33-37-60(63)72(44)59)75-77-74(47-32-36-55-51-19-3-2-17-49(51)50-18-4-6-21-53(50)62(55)42-47)78-76(79-75)81-67-29-12-9-24-57(67)65-41-46(35-39-69(65)81)45-34-38-68-64(40-45)56-23-8-11-28-66(56)80(68)70-30-15-27-61-58-25-10-13-31-71(58)82-73(61)70/h2-15,17-44H,16H2,1H3. The summed E-state index contributed by atoms with van der Waals surface area (Å²) in [6.07, 6.45) is 5.67. The number of benzene rings is 13. The van der Waals surface area contributed by atoms with E-state index in [1.54, 1.807) is 0 Å². The molecule has 0 saturated carbocycles. The van der Waals surface area contributed by atoms with Crippen molar-refractivity contribution in [2.24, 2.45) is 0 Å². The maximum atomic E-state index is 6.62. The van der Waals surface area contributed by atoms with Crippen molar-refractivity contribution in [2.75, 3.05) is 0 Å². The van der Waals surface area contributed by atoms with Gasteiger partial charge in [-0.2, -0.15) is 9.97 Å². The highest BCUT2D eigenvalue weighted by molar-refractivity contribution is 6.26. The van der Waals surface area contributed by atoms with E-state index in [-0.39, 0.29) is 0 Å². The molecule has 0 radical (unpaired) electrons. The summed E-state index contributed by atoms with van der Waals surface area (Å²) < 4.78 is 11.2. The minimum atomic E-state index is 0.394. The number of aromatic nitrogens is 5. The minimum absolute atomic E-state index is 0.394. The molecular weight excluding hydrogens is 999 g/mol. The van der Waals surface area contributed by atoms with Crippen LogP contribution in [-0.2, 0) is 0 Å². The van der Waals surface area contributed by atoms with Gasteiger partial charge in [-0.25, -0.2) is 4.98 Å². The molecule has 4 aromatic heterocycles. The molecule has 18 rings (SSSR count). The summed E-state index contributed by atoms with van der Waals surface area (Å²) in [4.78, 5) is 16.5. The van der Waals surface area contributed by atoms with Gasteiger partial charge in [-0.3, -0.25) is 4.57 Å². The zero-order valence-electron chi connectivity index (χ0n) is 44.6. The predicted octanol–water partition coefficient (Wildman–Crippen LogP) is 20.3. The van der Waals surface area contributed by atoms with E-state index in [0.29, 0.717) is 23.5 Å². The van der Waals surface area contributed by atoms with Gasteiger partial charge in [-0.1, -0.05) is 195 Å². The fourth-order valence-corrected chi connectivity index (χ4v) is 14.1. The van der Waals surface area contributed by atoms with Crippen LogP contribution in [-0.4, -0.2) is 24.1 Å². The van der Waals surface area contributed by atoms with Crippen molar-refractivity contribution in [3.63, 3.8) is 0 Å². The summed E-state index contributed by atoms with van der Waals surface area (Å²) in [5.74, 6) is 2.18. The monoisotopic (exact) mass is 1050 g/mol. The van der Waals surface area contributed by atoms with Crippen molar-refractivity contribution in [3.8, 4) is 45.5 Å². The highest BCUT2D eigenvalue weighted by atomic mass is 16.3. The van der Waals surface area contributed by atoms with Gasteiger partial charge in [0.05, 0.1) is 27.8 Å². The third-order valence-electron chi connectivity index (χ3n) is 17.8. The SMILES string of the molecule is CC1CC=Cc2c1c1ccc(-c3nc(-c4ccc5c6ccccc6c6ccccc6c5c4)nc(-n4c5ccccc5c5cc(-c6ccc7c(c6)c6ccccc6n7-c6cccc7c6oc6ccccc67)ccc54)n3)cc1c1ccccc21. The Bertz CT molecular complexity index is 5620. The Morgan fingerprint density at radius 1 is 0.354 bits per heavy atom. The van der Waals surface area contributed by atoms with E-state index < -0.39 is 0 Å². The van der Waals surface area contributed by atoms with Crippen LogP contribution in [0.25, 0.3) is 171 Å². The summed E-state index contributed by atoms with van der Waals surface area (Å²) in [7, 11) is 0. The van der Waals surface area contributed by atoms with E-state index in [4.69, 9.17) is 19.4 Å². The number of rotatable bonds is 5. The van der Waals surface area contributed by atoms with Crippen LogP contribution in [0.2, 0.25) is 0 Å². The first-order valence-electron chi connectivity index (χ1n) is 28.3. The van der Waals surface area contributed by atoms with Crippen molar-refractivity contribution in [3.05, 3.63) is 254 Å². The molecule has 6 nitrogen and oxygen atoms in total. The first kappa shape index (κ1) is 45.2. The lowest BCUT2D eigenvalue weighted by Gasteiger charge is -2.23. The van der Waals surface area contributed by atoms with Crippen LogP contribution in [0.1, 0.15) is 30.4 Å². The first-order valence-corrected chi connectivity index (χ1v) is 28.3. The summed E-state index contributed by atoms with van der Waals surface area (Å²) in [6.45, 7) is 2.35. The van der Waals surface area contributed by atoms with E-state index in [0.717, 1.165) is 94.5 Å². The topological polar surface area (TPSA) is 61.7 Å². The van der Waals surface area contributed by atoms with Crippen LogP contribution >= 0.6 is 0 Å². The Labute approximate surface area is 470 Å². The molecule has 0 fully saturated rings. The van der Waals surface area contributed by atoms with E-state index >= 15 is 0 Å². The molecule has 1 aliphatic rings. The van der Waals surface area contributed by atoms with Gasteiger partial charge in [0.25, 0.3) is 0 Å².